The highest BCUT2D eigenvalue weighted by Gasteiger charge is 2.36. The van der Waals surface area contributed by atoms with Crippen molar-refractivity contribution < 1.29 is 0 Å². The highest BCUT2D eigenvalue weighted by molar-refractivity contribution is 6.34. The Morgan fingerprint density at radius 1 is 1.05 bits per heavy atom. The summed E-state index contributed by atoms with van der Waals surface area (Å²) in [6.07, 6.45) is 8.11. The molecule has 1 heterocycles. The van der Waals surface area contributed by atoms with E-state index >= 15 is 0 Å². The van der Waals surface area contributed by atoms with Crippen molar-refractivity contribution in [2.75, 3.05) is 13.1 Å². The highest BCUT2D eigenvalue weighted by atomic mass is 35.5. The monoisotopic (exact) mass is 326 g/mol. The van der Waals surface area contributed by atoms with Crippen molar-refractivity contribution in [3.05, 3.63) is 33.8 Å². The van der Waals surface area contributed by atoms with Gasteiger partial charge in [-0.15, -0.1) is 0 Å². The van der Waals surface area contributed by atoms with Gasteiger partial charge in [0.2, 0.25) is 0 Å². The van der Waals surface area contributed by atoms with Crippen LogP contribution in [0.15, 0.2) is 18.2 Å². The summed E-state index contributed by atoms with van der Waals surface area (Å²) in [5.74, 6) is 0.858. The molecule has 2 fully saturated rings. The number of nitrogens with two attached hydrogens (primary N) is 1. The number of hydrogen-bond donors (Lipinski definition) is 1. The van der Waals surface area contributed by atoms with Gasteiger partial charge in [-0.1, -0.05) is 36.0 Å². The lowest BCUT2D eigenvalue weighted by molar-refractivity contribution is 0.0276. The Bertz CT molecular complexity index is 469. The Morgan fingerprint density at radius 2 is 1.71 bits per heavy atom. The van der Waals surface area contributed by atoms with Gasteiger partial charge in [0, 0.05) is 28.7 Å². The molecule has 1 aliphatic carbocycles. The predicted octanol–water partition coefficient (Wildman–Crippen LogP) is 4.65. The topological polar surface area (TPSA) is 29.3 Å². The molecule has 0 bridgehead atoms. The van der Waals surface area contributed by atoms with Gasteiger partial charge < -0.3 is 5.73 Å². The summed E-state index contributed by atoms with van der Waals surface area (Å²) >= 11 is 12.4. The molecule has 116 valence electrons. The van der Waals surface area contributed by atoms with E-state index in [0.29, 0.717) is 22.6 Å². The van der Waals surface area contributed by atoms with Gasteiger partial charge in [-0.05, 0) is 61.9 Å². The predicted molar refractivity (Wildman–Crippen MR) is 89.9 cm³/mol. The number of benzene rings is 1. The van der Waals surface area contributed by atoms with Crippen molar-refractivity contribution in [1.29, 1.82) is 0 Å². The van der Waals surface area contributed by atoms with Crippen LogP contribution in [0.5, 0.6) is 0 Å². The third kappa shape index (κ3) is 3.39. The Labute approximate surface area is 137 Å². The van der Waals surface area contributed by atoms with Gasteiger partial charge >= 0.3 is 0 Å². The molecule has 1 aromatic carbocycles. The summed E-state index contributed by atoms with van der Waals surface area (Å²) in [4.78, 5) is 2.63. The molecule has 2 nitrogen and oxygen atoms in total. The number of rotatable bonds is 3. The molecule has 3 unspecified atom stereocenters. The first-order valence-electron chi connectivity index (χ1n) is 8.11. The van der Waals surface area contributed by atoms with Crippen LogP contribution in [0.25, 0.3) is 0 Å². The van der Waals surface area contributed by atoms with Gasteiger partial charge in [0.05, 0.1) is 0 Å². The highest BCUT2D eigenvalue weighted by Crippen LogP contribution is 2.39. The zero-order chi connectivity index (χ0) is 14.8. The Kier molecular flexibility index (Phi) is 5.11. The quantitative estimate of drug-likeness (QED) is 0.876. The molecule has 2 aliphatic rings. The van der Waals surface area contributed by atoms with E-state index in [1.807, 2.05) is 12.1 Å². The van der Waals surface area contributed by atoms with Gasteiger partial charge in [0.1, 0.15) is 0 Å². The number of hydrogen-bond acceptors (Lipinski definition) is 2. The number of likely N-dealkylation sites (tertiary alicyclic amines) is 1. The smallest absolute Gasteiger partial charge is 0.0474 e. The molecule has 4 heteroatoms. The van der Waals surface area contributed by atoms with E-state index in [2.05, 4.69) is 4.90 Å². The van der Waals surface area contributed by atoms with Crippen molar-refractivity contribution in [3.8, 4) is 0 Å². The fraction of sp³-hybridized carbons (Fsp3) is 0.647. The van der Waals surface area contributed by atoms with Crippen LogP contribution in [-0.4, -0.2) is 24.0 Å². The van der Waals surface area contributed by atoms with E-state index in [1.165, 1.54) is 44.1 Å². The summed E-state index contributed by atoms with van der Waals surface area (Å²) in [6.45, 7) is 1.77. The molecule has 0 radical (unpaired) electrons. The summed E-state index contributed by atoms with van der Waals surface area (Å²) in [5, 5.41) is 1.40. The van der Waals surface area contributed by atoms with Gasteiger partial charge in [-0.2, -0.15) is 0 Å². The van der Waals surface area contributed by atoms with E-state index in [-0.39, 0.29) is 6.04 Å². The minimum absolute atomic E-state index is 0.243. The molecule has 1 saturated heterocycles. The fourth-order valence-electron chi connectivity index (χ4n) is 4.28. The molecule has 0 spiro atoms. The standard InChI is InChI=1S/C17H24Cl2N2/c18-14-8-13(9-15(19)10-14)17(11-20)21-7-3-5-12-4-1-2-6-16(12)21/h8-10,12,16-17H,1-7,11,20H2. The lowest BCUT2D eigenvalue weighted by Crippen LogP contribution is -2.49. The van der Waals surface area contributed by atoms with Crippen LogP contribution >= 0.6 is 23.2 Å². The van der Waals surface area contributed by atoms with Gasteiger partial charge in [0.15, 0.2) is 0 Å². The van der Waals surface area contributed by atoms with Crippen LogP contribution in [0, 0.1) is 5.92 Å². The largest absolute Gasteiger partial charge is 0.329 e. The maximum absolute atomic E-state index is 6.18. The second kappa shape index (κ2) is 6.87. The fourth-order valence-corrected chi connectivity index (χ4v) is 4.82. The number of halogens is 2. The van der Waals surface area contributed by atoms with Crippen LogP contribution in [-0.2, 0) is 0 Å². The third-order valence-electron chi connectivity index (χ3n) is 5.18. The molecule has 1 aliphatic heterocycles. The van der Waals surface area contributed by atoms with Crippen LogP contribution in [0.3, 0.4) is 0 Å². The van der Waals surface area contributed by atoms with E-state index in [0.717, 1.165) is 12.5 Å². The SMILES string of the molecule is NCC(c1cc(Cl)cc(Cl)c1)N1CCCC2CCCCC21. The zero-order valence-electron chi connectivity index (χ0n) is 12.4. The van der Waals surface area contributed by atoms with E-state index < -0.39 is 0 Å². The first-order chi connectivity index (χ1) is 10.2. The molecular formula is C17H24Cl2N2. The molecule has 3 rings (SSSR count). The number of fused-ring (bicyclic) bond motifs is 1. The summed E-state index contributed by atoms with van der Waals surface area (Å²) in [6, 6.07) is 6.78. The molecule has 0 amide bonds. The summed E-state index contributed by atoms with van der Waals surface area (Å²) < 4.78 is 0. The molecular weight excluding hydrogens is 303 g/mol. The van der Waals surface area contributed by atoms with Crippen LogP contribution in [0.2, 0.25) is 10.0 Å². The average molecular weight is 327 g/mol. The molecule has 1 saturated carbocycles. The first-order valence-corrected chi connectivity index (χ1v) is 8.86. The minimum Gasteiger partial charge on any atom is -0.329 e. The Balaban J connectivity index is 1.87. The lowest BCUT2D eigenvalue weighted by atomic mass is 9.77. The van der Waals surface area contributed by atoms with Crippen molar-refractivity contribution in [2.24, 2.45) is 11.7 Å². The number of piperidine rings is 1. The average Bonchev–Trinajstić information content (AvgIpc) is 2.47. The first kappa shape index (κ1) is 15.6. The van der Waals surface area contributed by atoms with Gasteiger partial charge in [-0.3, -0.25) is 4.90 Å². The third-order valence-corrected chi connectivity index (χ3v) is 5.62. The van der Waals surface area contributed by atoms with E-state index in [9.17, 15) is 0 Å². The van der Waals surface area contributed by atoms with Gasteiger partial charge in [-0.25, -0.2) is 0 Å². The van der Waals surface area contributed by atoms with Crippen molar-refractivity contribution in [3.63, 3.8) is 0 Å². The number of nitrogens with zero attached hydrogens (tertiary/aromatic N) is 1. The summed E-state index contributed by atoms with van der Waals surface area (Å²) in [5.41, 5.74) is 7.30. The molecule has 3 atom stereocenters. The van der Waals surface area contributed by atoms with Crippen molar-refractivity contribution in [1.82, 2.24) is 4.90 Å². The molecule has 21 heavy (non-hydrogen) atoms. The summed E-state index contributed by atoms with van der Waals surface area (Å²) in [7, 11) is 0. The Hall–Kier alpha value is -0.280. The van der Waals surface area contributed by atoms with E-state index in [1.54, 1.807) is 6.07 Å². The molecule has 2 N–H and O–H groups in total. The van der Waals surface area contributed by atoms with Crippen molar-refractivity contribution >= 4 is 23.2 Å². The van der Waals surface area contributed by atoms with Crippen molar-refractivity contribution in [2.45, 2.75) is 50.6 Å². The molecule has 1 aromatic rings. The zero-order valence-corrected chi connectivity index (χ0v) is 13.9. The second-order valence-electron chi connectivity index (χ2n) is 6.45. The maximum atomic E-state index is 6.18. The van der Waals surface area contributed by atoms with Crippen LogP contribution < -0.4 is 5.73 Å². The minimum atomic E-state index is 0.243. The van der Waals surface area contributed by atoms with Crippen LogP contribution in [0.4, 0.5) is 0 Å². The second-order valence-corrected chi connectivity index (χ2v) is 7.32. The normalized spacial score (nSPS) is 28.1. The lowest BCUT2D eigenvalue weighted by Gasteiger charge is -2.47. The van der Waals surface area contributed by atoms with Crippen LogP contribution in [0.1, 0.15) is 50.1 Å². The van der Waals surface area contributed by atoms with E-state index in [4.69, 9.17) is 28.9 Å². The Morgan fingerprint density at radius 3 is 2.43 bits per heavy atom. The molecule has 0 aromatic heterocycles. The maximum Gasteiger partial charge on any atom is 0.0474 e. The van der Waals surface area contributed by atoms with Gasteiger partial charge in [0.25, 0.3) is 0 Å².